The molecular formula is C12H14F2N2O2. The molecule has 1 aromatic carbocycles. The van der Waals surface area contributed by atoms with E-state index in [1.165, 1.54) is 0 Å². The average molecular weight is 256 g/mol. The Hall–Kier alpha value is -1.72. The van der Waals surface area contributed by atoms with Crippen molar-refractivity contribution in [1.82, 2.24) is 0 Å². The first kappa shape index (κ1) is 12.7. The van der Waals surface area contributed by atoms with Gasteiger partial charge in [0.2, 0.25) is 0 Å². The summed E-state index contributed by atoms with van der Waals surface area (Å²) in [6, 6.07) is 1.47. The zero-order chi connectivity index (χ0) is 13.1. The quantitative estimate of drug-likeness (QED) is 0.662. The van der Waals surface area contributed by atoms with Gasteiger partial charge in [0, 0.05) is 12.6 Å². The van der Waals surface area contributed by atoms with Crippen LogP contribution in [0, 0.1) is 27.7 Å². The van der Waals surface area contributed by atoms with Crippen LogP contribution in [-0.2, 0) is 0 Å². The molecular weight excluding hydrogens is 242 g/mol. The third kappa shape index (κ3) is 2.75. The summed E-state index contributed by atoms with van der Waals surface area (Å²) in [4.78, 5) is 10.0. The minimum absolute atomic E-state index is 0.0470. The molecule has 0 saturated heterocycles. The maximum Gasteiger partial charge on any atom is 0.295 e. The van der Waals surface area contributed by atoms with Gasteiger partial charge in [0.15, 0.2) is 11.6 Å². The summed E-state index contributed by atoms with van der Waals surface area (Å²) >= 11 is 0. The molecule has 0 aromatic heterocycles. The van der Waals surface area contributed by atoms with Gasteiger partial charge in [0.05, 0.1) is 11.0 Å². The molecule has 0 radical (unpaired) electrons. The number of nitro groups is 1. The van der Waals surface area contributed by atoms with Crippen LogP contribution in [0.15, 0.2) is 12.1 Å². The van der Waals surface area contributed by atoms with Crippen molar-refractivity contribution in [2.45, 2.75) is 25.7 Å². The van der Waals surface area contributed by atoms with Crippen LogP contribution in [0.25, 0.3) is 0 Å². The zero-order valence-corrected chi connectivity index (χ0v) is 9.79. The lowest BCUT2D eigenvalue weighted by atomic mass is 10.1. The SMILES string of the molecule is O=[N+]([O-])c1cc(F)c(F)cc1NCC1CCCC1. The van der Waals surface area contributed by atoms with E-state index in [4.69, 9.17) is 0 Å². The van der Waals surface area contributed by atoms with Crippen molar-refractivity contribution >= 4 is 11.4 Å². The van der Waals surface area contributed by atoms with Crippen molar-refractivity contribution in [2.75, 3.05) is 11.9 Å². The van der Waals surface area contributed by atoms with E-state index >= 15 is 0 Å². The highest BCUT2D eigenvalue weighted by molar-refractivity contribution is 5.61. The van der Waals surface area contributed by atoms with Gasteiger partial charge in [0.1, 0.15) is 5.69 Å². The first-order chi connectivity index (χ1) is 8.58. The highest BCUT2D eigenvalue weighted by Crippen LogP contribution is 2.29. The van der Waals surface area contributed by atoms with E-state index in [0.717, 1.165) is 31.7 Å². The Morgan fingerprint density at radius 1 is 1.28 bits per heavy atom. The van der Waals surface area contributed by atoms with Crippen LogP contribution in [-0.4, -0.2) is 11.5 Å². The van der Waals surface area contributed by atoms with E-state index in [1.807, 2.05) is 0 Å². The summed E-state index contributed by atoms with van der Waals surface area (Å²) in [5.74, 6) is -1.82. The van der Waals surface area contributed by atoms with Crippen molar-refractivity contribution in [2.24, 2.45) is 5.92 Å². The number of rotatable bonds is 4. The molecule has 98 valence electrons. The second-order valence-corrected chi connectivity index (χ2v) is 4.57. The van der Waals surface area contributed by atoms with Crippen molar-refractivity contribution in [3.05, 3.63) is 33.9 Å². The number of nitrogens with zero attached hydrogens (tertiary/aromatic N) is 1. The topological polar surface area (TPSA) is 55.2 Å². The molecule has 0 spiro atoms. The fourth-order valence-corrected chi connectivity index (χ4v) is 2.30. The summed E-state index contributed by atoms with van der Waals surface area (Å²) in [5, 5.41) is 13.6. The zero-order valence-electron chi connectivity index (χ0n) is 9.79. The van der Waals surface area contributed by atoms with Gasteiger partial charge in [-0.15, -0.1) is 0 Å². The Labute approximate surface area is 103 Å². The number of hydrogen-bond donors (Lipinski definition) is 1. The lowest BCUT2D eigenvalue weighted by molar-refractivity contribution is -0.384. The molecule has 1 aliphatic carbocycles. The molecule has 18 heavy (non-hydrogen) atoms. The van der Waals surface area contributed by atoms with Gasteiger partial charge < -0.3 is 5.32 Å². The van der Waals surface area contributed by atoms with Crippen LogP contribution in [0.3, 0.4) is 0 Å². The third-order valence-corrected chi connectivity index (χ3v) is 3.29. The fourth-order valence-electron chi connectivity index (χ4n) is 2.30. The molecule has 0 heterocycles. The van der Waals surface area contributed by atoms with E-state index < -0.39 is 22.2 Å². The molecule has 0 bridgehead atoms. The predicted molar refractivity (Wildman–Crippen MR) is 63.5 cm³/mol. The molecule has 1 aromatic rings. The molecule has 2 rings (SSSR count). The molecule has 4 nitrogen and oxygen atoms in total. The normalized spacial score (nSPS) is 15.9. The number of anilines is 1. The van der Waals surface area contributed by atoms with Crippen LogP contribution in [0.4, 0.5) is 20.2 Å². The van der Waals surface area contributed by atoms with E-state index in [1.54, 1.807) is 0 Å². The lowest BCUT2D eigenvalue weighted by Gasteiger charge is -2.12. The van der Waals surface area contributed by atoms with Crippen molar-refractivity contribution < 1.29 is 13.7 Å². The van der Waals surface area contributed by atoms with Gasteiger partial charge in [0.25, 0.3) is 5.69 Å². The Balaban J connectivity index is 2.14. The number of hydrogen-bond acceptors (Lipinski definition) is 3. The largest absolute Gasteiger partial charge is 0.379 e. The Kier molecular flexibility index (Phi) is 3.74. The van der Waals surface area contributed by atoms with Crippen LogP contribution >= 0.6 is 0 Å². The second kappa shape index (κ2) is 5.29. The maximum absolute atomic E-state index is 13.1. The fraction of sp³-hybridized carbons (Fsp3) is 0.500. The molecule has 1 saturated carbocycles. The van der Waals surface area contributed by atoms with E-state index in [0.29, 0.717) is 18.5 Å². The third-order valence-electron chi connectivity index (χ3n) is 3.29. The maximum atomic E-state index is 13.1. The van der Waals surface area contributed by atoms with Crippen molar-refractivity contribution in [3.8, 4) is 0 Å². The minimum Gasteiger partial charge on any atom is -0.379 e. The van der Waals surface area contributed by atoms with Crippen molar-refractivity contribution in [3.63, 3.8) is 0 Å². The summed E-state index contributed by atoms with van der Waals surface area (Å²) < 4.78 is 26.0. The van der Waals surface area contributed by atoms with Gasteiger partial charge >= 0.3 is 0 Å². The van der Waals surface area contributed by atoms with Crippen LogP contribution in [0.2, 0.25) is 0 Å². The molecule has 1 fully saturated rings. The van der Waals surface area contributed by atoms with Gasteiger partial charge in [-0.3, -0.25) is 10.1 Å². The van der Waals surface area contributed by atoms with Crippen molar-refractivity contribution in [1.29, 1.82) is 0 Å². The molecule has 0 unspecified atom stereocenters. The monoisotopic (exact) mass is 256 g/mol. The number of benzene rings is 1. The summed E-state index contributed by atoms with van der Waals surface area (Å²) in [5.41, 5.74) is -0.377. The van der Waals surface area contributed by atoms with Crippen LogP contribution in [0.1, 0.15) is 25.7 Å². The molecule has 0 aliphatic heterocycles. The van der Waals surface area contributed by atoms with E-state index in [9.17, 15) is 18.9 Å². The molecule has 0 amide bonds. The Morgan fingerprint density at radius 2 is 1.89 bits per heavy atom. The van der Waals surface area contributed by atoms with E-state index in [2.05, 4.69) is 5.32 Å². The van der Waals surface area contributed by atoms with Crippen LogP contribution in [0.5, 0.6) is 0 Å². The number of halogens is 2. The molecule has 0 atom stereocenters. The smallest absolute Gasteiger partial charge is 0.295 e. The number of nitro benzene ring substituents is 1. The van der Waals surface area contributed by atoms with Crippen LogP contribution < -0.4 is 5.32 Å². The Bertz CT molecular complexity index is 460. The van der Waals surface area contributed by atoms with E-state index in [-0.39, 0.29) is 5.69 Å². The first-order valence-electron chi connectivity index (χ1n) is 5.95. The van der Waals surface area contributed by atoms with Gasteiger partial charge in [-0.2, -0.15) is 0 Å². The highest BCUT2D eigenvalue weighted by atomic mass is 19.2. The predicted octanol–water partition coefficient (Wildman–Crippen LogP) is 3.48. The van der Waals surface area contributed by atoms with Gasteiger partial charge in [-0.05, 0) is 18.8 Å². The average Bonchev–Trinajstić information content (AvgIpc) is 2.83. The first-order valence-corrected chi connectivity index (χ1v) is 5.95. The van der Waals surface area contributed by atoms with Gasteiger partial charge in [-0.1, -0.05) is 12.8 Å². The van der Waals surface area contributed by atoms with Gasteiger partial charge in [-0.25, -0.2) is 8.78 Å². The number of nitrogens with one attached hydrogen (secondary N) is 1. The standard InChI is InChI=1S/C12H14F2N2O2/c13-9-5-11(12(16(17)18)6-10(9)14)15-7-8-3-1-2-4-8/h5-6,8,15H,1-4,7H2. The molecule has 6 heteroatoms. The summed E-state index contributed by atoms with van der Waals surface area (Å²) in [6.07, 6.45) is 4.47. The summed E-state index contributed by atoms with van der Waals surface area (Å²) in [7, 11) is 0. The Morgan fingerprint density at radius 3 is 2.50 bits per heavy atom. The minimum atomic E-state index is -1.20. The second-order valence-electron chi connectivity index (χ2n) is 4.57. The lowest BCUT2D eigenvalue weighted by Crippen LogP contribution is -2.12. The summed E-state index contributed by atoms with van der Waals surface area (Å²) in [6.45, 7) is 0.561. The molecule has 1 aliphatic rings. The highest BCUT2D eigenvalue weighted by Gasteiger charge is 2.20. The molecule has 1 N–H and O–H groups in total.